The van der Waals surface area contributed by atoms with Crippen molar-refractivity contribution in [2.24, 2.45) is 0 Å². The zero-order chi connectivity index (χ0) is 16.1. The van der Waals surface area contributed by atoms with E-state index >= 15 is 0 Å². The molecule has 2 aromatic heterocycles. The summed E-state index contributed by atoms with van der Waals surface area (Å²) in [4.78, 5) is 17.0. The summed E-state index contributed by atoms with van der Waals surface area (Å²) in [5, 5.41) is 2.91. The first-order chi connectivity index (χ1) is 10.6. The van der Waals surface area contributed by atoms with Crippen LogP contribution < -0.4 is 5.32 Å². The minimum atomic E-state index is -0.154. The van der Waals surface area contributed by atoms with E-state index in [9.17, 15) is 4.79 Å². The van der Waals surface area contributed by atoms with Crippen LogP contribution in [0.5, 0.6) is 0 Å². The summed E-state index contributed by atoms with van der Waals surface area (Å²) in [6, 6.07) is 3.79. The number of hydrogen-bond acceptors (Lipinski definition) is 2. The Labute approximate surface area is 130 Å². The van der Waals surface area contributed by atoms with E-state index in [4.69, 9.17) is 0 Å². The predicted molar refractivity (Wildman–Crippen MR) is 89.8 cm³/mol. The van der Waals surface area contributed by atoms with Crippen molar-refractivity contribution in [3.63, 3.8) is 0 Å². The van der Waals surface area contributed by atoms with Gasteiger partial charge in [0.2, 0.25) is 0 Å². The first kappa shape index (κ1) is 15.8. The molecule has 0 spiro atoms. The van der Waals surface area contributed by atoms with Crippen molar-refractivity contribution in [3.8, 4) is 0 Å². The van der Waals surface area contributed by atoms with Crippen molar-refractivity contribution in [1.82, 2.24) is 14.7 Å². The number of nitrogens with one attached hydrogen (secondary N) is 1. The molecule has 114 valence electrons. The smallest absolute Gasteiger partial charge is 0.259 e. The summed E-state index contributed by atoms with van der Waals surface area (Å²) in [5.74, 6) is -0.154. The number of aromatic nitrogens is 2. The van der Waals surface area contributed by atoms with Crippen LogP contribution in [0.25, 0.3) is 5.65 Å². The molecule has 4 heteroatoms. The molecule has 0 saturated heterocycles. The molecule has 0 aliphatic rings. The quantitative estimate of drug-likeness (QED) is 0.874. The second-order valence-electron chi connectivity index (χ2n) is 5.04. The van der Waals surface area contributed by atoms with E-state index in [2.05, 4.69) is 10.3 Å². The maximum atomic E-state index is 12.5. The third-order valence-corrected chi connectivity index (χ3v) is 3.33. The van der Waals surface area contributed by atoms with Crippen molar-refractivity contribution < 1.29 is 4.79 Å². The monoisotopic (exact) mass is 295 g/mol. The number of aryl methyl sites for hydroxylation is 2. The normalized spacial score (nSPS) is 12.6. The Morgan fingerprint density at radius 3 is 2.73 bits per heavy atom. The molecule has 0 bridgehead atoms. The molecule has 0 aliphatic heterocycles. The number of carbonyl (C=O) groups excluding carboxylic acids is 1. The van der Waals surface area contributed by atoms with Crippen molar-refractivity contribution >= 4 is 11.6 Å². The Morgan fingerprint density at radius 1 is 1.27 bits per heavy atom. The fraction of sp³-hybridized carbons (Fsp3) is 0.222. The first-order valence-corrected chi connectivity index (χ1v) is 7.29. The van der Waals surface area contributed by atoms with Crippen LogP contribution in [0.3, 0.4) is 0 Å². The third kappa shape index (κ3) is 3.34. The number of hydrogen-bond donors (Lipinski definition) is 1. The average molecular weight is 295 g/mol. The van der Waals surface area contributed by atoms with Crippen molar-refractivity contribution in [1.29, 1.82) is 0 Å². The average Bonchev–Trinajstić information content (AvgIpc) is 2.90. The van der Waals surface area contributed by atoms with Crippen LogP contribution in [0, 0.1) is 13.8 Å². The van der Waals surface area contributed by atoms with Gasteiger partial charge in [0.1, 0.15) is 5.65 Å². The maximum absolute atomic E-state index is 12.5. The molecular weight excluding hydrogens is 274 g/mol. The lowest BCUT2D eigenvalue weighted by Gasteiger charge is -2.06. The summed E-state index contributed by atoms with van der Waals surface area (Å²) in [6.45, 7) is 7.77. The molecular formula is C18H21N3O. The van der Waals surface area contributed by atoms with E-state index < -0.39 is 0 Å². The molecule has 0 saturated carbocycles. The molecule has 0 radical (unpaired) electrons. The summed E-state index contributed by atoms with van der Waals surface area (Å²) in [6.07, 6.45) is 11.3. The number of rotatable bonds is 4. The standard InChI is InChI=1S/C18H21N3O/c1-5-7-8-9-15(6-2)20-18(22)16-10-11-21-14(4)12-13(3)19-17(16)21/h5-12H,1-4H3,(H,20,22)/b7-5-,9-8-,15-6+. The molecule has 22 heavy (non-hydrogen) atoms. The van der Waals surface area contributed by atoms with Gasteiger partial charge in [0.25, 0.3) is 5.91 Å². The van der Waals surface area contributed by atoms with Gasteiger partial charge in [-0.2, -0.15) is 0 Å². The summed E-state index contributed by atoms with van der Waals surface area (Å²) in [5.41, 5.74) is 3.97. The SMILES string of the molecule is C\C=C/C=C\C(=C/C)NC(=O)c1ccn2c(C)cc(C)nc12. The summed E-state index contributed by atoms with van der Waals surface area (Å²) >= 11 is 0. The number of fused-ring (bicyclic) bond motifs is 1. The molecule has 1 N–H and O–H groups in total. The maximum Gasteiger partial charge on any atom is 0.259 e. The Bertz CT molecular complexity index is 779. The van der Waals surface area contributed by atoms with Crippen LogP contribution in [0.1, 0.15) is 35.6 Å². The lowest BCUT2D eigenvalue weighted by Crippen LogP contribution is -2.22. The molecule has 0 atom stereocenters. The van der Waals surface area contributed by atoms with E-state index in [1.165, 1.54) is 0 Å². The van der Waals surface area contributed by atoms with E-state index in [0.717, 1.165) is 17.1 Å². The highest BCUT2D eigenvalue weighted by Gasteiger charge is 2.14. The minimum Gasteiger partial charge on any atom is -0.322 e. The minimum absolute atomic E-state index is 0.154. The van der Waals surface area contributed by atoms with E-state index in [1.807, 2.05) is 74.7 Å². The molecule has 0 fully saturated rings. The van der Waals surface area contributed by atoms with Gasteiger partial charge in [-0.3, -0.25) is 4.79 Å². The Balaban J connectivity index is 2.30. The van der Waals surface area contributed by atoms with Gasteiger partial charge in [-0.25, -0.2) is 4.98 Å². The van der Waals surface area contributed by atoms with Crippen molar-refractivity contribution in [2.75, 3.05) is 0 Å². The van der Waals surface area contributed by atoms with Gasteiger partial charge in [0.05, 0.1) is 5.56 Å². The summed E-state index contributed by atoms with van der Waals surface area (Å²) in [7, 11) is 0. The zero-order valence-corrected chi connectivity index (χ0v) is 13.4. The van der Waals surface area contributed by atoms with Crippen LogP contribution >= 0.6 is 0 Å². The lowest BCUT2D eigenvalue weighted by atomic mass is 10.2. The Hall–Kier alpha value is -2.62. The highest BCUT2D eigenvalue weighted by Crippen LogP contribution is 2.14. The molecule has 0 aliphatic carbocycles. The van der Waals surface area contributed by atoms with Gasteiger partial charge in [-0.1, -0.05) is 24.3 Å². The Morgan fingerprint density at radius 2 is 2.05 bits per heavy atom. The van der Waals surface area contributed by atoms with Gasteiger partial charge in [0.15, 0.2) is 0 Å². The topological polar surface area (TPSA) is 46.4 Å². The highest BCUT2D eigenvalue weighted by molar-refractivity contribution is 6.01. The highest BCUT2D eigenvalue weighted by atomic mass is 16.1. The van der Waals surface area contributed by atoms with Crippen LogP contribution in [0.4, 0.5) is 0 Å². The molecule has 1 amide bonds. The van der Waals surface area contributed by atoms with Gasteiger partial charge >= 0.3 is 0 Å². The molecule has 0 unspecified atom stereocenters. The van der Waals surface area contributed by atoms with Crippen LogP contribution in [0.2, 0.25) is 0 Å². The fourth-order valence-corrected chi connectivity index (χ4v) is 2.25. The first-order valence-electron chi connectivity index (χ1n) is 7.29. The Kier molecular flexibility index (Phi) is 4.94. The largest absolute Gasteiger partial charge is 0.322 e. The molecule has 2 rings (SSSR count). The van der Waals surface area contributed by atoms with E-state index in [0.29, 0.717) is 11.2 Å². The molecule has 2 heterocycles. The fourth-order valence-electron chi connectivity index (χ4n) is 2.25. The second-order valence-corrected chi connectivity index (χ2v) is 5.04. The number of nitrogens with zero attached hydrogens (tertiary/aromatic N) is 2. The van der Waals surface area contributed by atoms with Gasteiger partial charge in [-0.15, -0.1) is 0 Å². The van der Waals surface area contributed by atoms with Gasteiger partial charge < -0.3 is 9.72 Å². The molecule has 0 aromatic carbocycles. The molecule has 2 aromatic rings. The van der Waals surface area contributed by atoms with Gasteiger partial charge in [0, 0.05) is 23.3 Å². The van der Waals surface area contributed by atoms with E-state index in [1.54, 1.807) is 6.07 Å². The summed E-state index contributed by atoms with van der Waals surface area (Å²) < 4.78 is 1.92. The number of allylic oxidation sites excluding steroid dienone is 5. The second kappa shape index (κ2) is 6.89. The van der Waals surface area contributed by atoms with Crippen LogP contribution in [-0.2, 0) is 0 Å². The third-order valence-electron chi connectivity index (χ3n) is 3.33. The molecule has 4 nitrogen and oxygen atoms in total. The zero-order valence-electron chi connectivity index (χ0n) is 13.4. The van der Waals surface area contributed by atoms with Crippen LogP contribution in [0.15, 0.2) is 54.4 Å². The van der Waals surface area contributed by atoms with Crippen molar-refractivity contribution in [2.45, 2.75) is 27.7 Å². The van der Waals surface area contributed by atoms with Gasteiger partial charge in [-0.05, 0) is 45.9 Å². The van der Waals surface area contributed by atoms with Crippen molar-refractivity contribution in [3.05, 3.63) is 71.4 Å². The van der Waals surface area contributed by atoms with E-state index in [-0.39, 0.29) is 5.91 Å². The number of carbonyl (C=O) groups is 1. The number of amides is 1. The lowest BCUT2D eigenvalue weighted by molar-refractivity contribution is 0.0968. The van der Waals surface area contributed by atoms with Crippen LogP contribution in [-0.4, -0.2) is 15.3 Å². The predicted octanol–water partition coefficient (Wildman–Crippen LogP) is 3.72.